The van der Waals surface area contributed by atoms with Crippen LogP contribution in [-0.4, -0.2) is 4.98 Å². The van der Waals surface area contributed by atoms with Crippen LogP contribution in [0.4, 0.5) is 0 Å². The van der Waals surface area contributed by atoms with E-state index in [9.17, 15) is 0 Å². The Morgan fingerprint density at radius 3 is 2.85 bits per heavy atom. The molecule has 0 fully saturated rings. The quantitative estimate of drug-likeness (QED) is 0.570. The van der Waals surface area contributed by atoms with Gasteiger partial charge in [-0.25, -0.2) is 4.98 Å². The molecular weight excluding hydrogens is 317 g/mol. The van der Waals surface area contributed by atoms with Crippen molar-refractivity contribution >= 4 is 45.5 Å². The van der Waals surface area contributed by atoms with Crippen LogP contribution in [-0.2, 0) is 0 Å². The van der Waals surface area contributed by atoms with Crippen molar-refractivity contribution in [2.24, 2.45) is 0 Å². The van der Waals surface area contributed by atoms with Crippen molar-refractivity contribution in [1.29, 1.82) is 0 Å². The first-order valence-electron chi connectivity index (χ1n) is 3.61. The van der Waals surface area contributed by atoms with E-state index in [4.69, 9.17) is 11.6 Å². The molecule has 2 rings (SSSR count). The molecule has 0 atom stereocenters. The second-order valence-corrected chi connectivity index (χ2v) is 4.72. The van der Waals surface area contributed by atoms with Crippen LogP contribution in [0.25, 0.3) is 11.1 Å². The molecule has 2 aromatic heterocycles. The first-order valence-corrected chi connectivity index (χ1v) is 6.01. The van der Waals surface area contributed by atoms with Crippen molar-refractivity contribution in [2.45, 2.75) is 0 Å². The van der Waals surface area contributed by atoms with Crippen LogP contribution in [0.1, 0.15) is 0 Å². The highest BCUT2D eigenvalue weighted by Gasteiger charge is 2.02. The van der Waals surface area contributed by atoms with E-state index in [1.807, 2.05) is 17.6 Å². The van der Waals surface area contributed by atoms with E-state index in [0.29, 0.717) is 5.02 Å². The summed E-state index contributed by atoms with van der Waals surface area (Å²) in [6.45, 7) is 0. The third-order valence-electron chi connectivity index (χ3n) is 1.65. The normalized spacial score (nSPS) is 10.3. The van der Waals surface area contributed by atoms with Gasteiger partial charge < -0.3 is 0 Å². The molecule has 0 spiro atoms. The molecule has 0 saturated heterocycles. The van der Waals surface area contributed by atoms with Gasteiger partial charge in [0.05, 0.1) is 5.02 Å². The van der Waals surface area contributed by atoms with Crippen LogP contribution in [0.2, 0.25) is 5.02 Å². The zero-order valence-electron chi connectivity index (χ0n) is 6.50. The Bertz CT molecular complexity index is 414. The topological polar surface area (TPSA) is 12.9 Å². The van der Waals surface area contributed by atoms with Gasteiger partial charge in [0.25, 0.3) is 0 Å². The first-order chi connectivity index (χ1) is 6.27. The monoisotopic (exact) mass is 321 g/mol. The Balaban J connectivity index is 2.49. The Morgan fingerprint density at radius 1 is 1.38 bits per heavy atom. The van der Waals surface area contributed by atoms with E-state index < -0.39 is 0 Å². The van der Waals surface area contributed by atoms with Crippen LogP contribution in [0.3, 0.4) is 0 Å². The highest BCUT2D eigenvalue weighted by atomic mass is 127. The summed E-state index contributed by atoms with van der Waals surface area (Å²) in [5, 5.41) is 4.84. The maximum atomic E-state index is 5.96. The van der Waals surface area contributed by atoms with Crippen LogP contribution in [0.5, 0.6) is 0 Å². The molecule has 4 heteroatoms. The van der Waals surface area contributed by atoms with E-state index in [-0.39, 0.29) is 0 Å². The van der Waals surface area contributed by atoms with Crippen LogP contribution in [0, 0.1) is 3.70 Å². The van der Waals surface area contributed by atoms with Gasteiger partial charge in [0.15, 0.2) is 0 Å². The molecule has 0 aliphatic heterocycles. The number of nitrogens with zero attached hydrogens (tertiary/aromatic N) is 1. The van der Waals surface area contributed by atoms with E-state index in [2.05, 4.69) is 39.0 Å². The maximum Gasteiger partial charge on any atom is 0.119 e. The predicted molar refractivity (Wildman–Crippen MR) is 65.3 cm³/mol. The lowest BCUT2D eigenvalue weighted by Gasteiger charge is -1.99. The van der Waals surface area contributed by atoms with Crippen molar-refractivity contribution in [2.75, 3.05) is 0 Å². The van der Waals surface area contributed by atoms with Gasteiger partial charge in [-0.15, -0.1) is 0 Å². The number of halogens is 2. The molecule has 13 heavy (non-hydrogen) atoms. The van der Waals surface area contributed by atoms with Gasteiger partial charge in [-0.1, -0.05) is 11.6 Å². The second kappa shape index (κ2) is 3.94. The Morgan fingerprint density at radius 2 is 2.23 bits per heavy atom. The standard InChI is InChI=1S/C9H5ClINS/c10-8-3-7(4-12-9(8)11)6-1-2-13-5-6/h1-5H. The number of hydrogen-bond donors (Lipinski definition) is 0. The zero-order chi connectivity index (χ0) is 9.26. The lowest BCUT2D eigenvalue weighted by atomic mass is 10.2. The van der Waals surface area contributed by atoms with E-state index in [0.717, 1.165) is 9.26 Å². The average Bonchev–Trinajstić information content (AvgIpc) is 2.62. The summed E-state index contributed by atoms with van der Waals surface area (Å²) in [5.74, 6) is 0. The number of aromatic nitrogens is 1. The van der Waals surface area contributed by atoms with Crippen molar-refractivity contribution in [3.63, 3.8) is 0 Å². The molecule has 2 aromatic rings. The summed E-state index contributed by atoms with van der Waals surface area (Å²) in [5.41, 5.74) is 2.25. The molecule has 0 aromatic carbocycles. The predicted octanol–water partition coefficient (Wildman–Crippen LogP) is 4.07. The van der Waals surface area contributed by atoms with Gasteiger partial charge in [0, 0.05) is 11.8 Å². The zero-order valence-corrected chi connectivity index (χ0v) is 10.2. The lowest BCUT2D eigenvalue weighted by Crippen LogP contribution is -1.83. The molecule has 0 aliphatic carbocycles. The van der Waals surface area contributed by atoms with Gasteiger partial charge in [0.1, 0.15) is 3.70 Å². The van der Waals surface area contributed by atoms with E-state index in [1.165, 1.54) is 5.56 Å². The number of thiophene rings is 1. The molecular formula is C9H5ClINS. The maximum absolute atomic E-state index is 5.96. The van der Waals surface area contributed by atoms with Gasteiger partial charge >= 0.3 is 0 Å². The second-order valence-electron chi connectivity index (χ2n) is 2.51. The molecule has 0 radical (unpaired) electrons. The highest BCUT2D eigenvalue weighted by Crippen LogP contribution is 2.25. The third-order valence-corrected chi connectivity index (χ3v) is 3.80. The lowest BCUT2D eigenvalue weighted by molar-refractivity contribution is 1.27. The molecule has 0 amide bonds. The Kier molecular flexibility index (Phi) is 2.86. The van der Waals surface area contributed by atoms with Crippen LogP contribution in [0.15, 0.2) is 29.1 Å². The number of hydrogen-bond acceptors (Lipinski definition) is 2. The van der Waals surface area contributed by atoms with Crippen molar-refractivity contribution in [1.82, 2.24) is 4.98 Å². The number of pyridine rings is 1. The smallest absolute Gasteiger partial charge is 0.119 e. The average molecular weight is 322 g/mol. The van der Waals surface area contributed by atoms with Gasteiger partial charge in [-0.2, -0.15) is 11.3 Å². The minimum Gasteiger partial charge on any atom is -0.248 e. The Labute approximate surface area is 98.9 Å². The summed E-state index contributed by atoms with van der Waals surface area (Å²) >= 11 is 9.75. The molecule has 1 nitrogen and oxygen atoms in total. The summed E-state index contributed by atoms with van der Waals surface area (Å²) in [6.07, 6.45) is 1.84. The van der Waals surface area contributed by atoms with Gasteiger partial charge in [-0.05, 0) is 51.0 Å². The minimum absolute atomic E-state index is 0.712. The molecule has 66 valence electrons. The molecule has 0 aliphatic rings. The summed E-state index contributed by atoms with van der Waals surface area (Å²) < 4.78 is 0.846. The summed E-state index contributed by atoms with van der Waals surface area (Å²) in [4.78, 5) is 4.19. The molecule has 2 heterocycles. The number of rotatable bonds is 1. The minimum atomic E-state index is 0.712. The van der Waals surface area contributed by atoms with E-state index in [1.54, 1.807) is 11.3 Å². The first kappa shape index (κ1) is 9.43. The largest absolute Gasteiger partial charge is 0.248 e. The third kappa shape index (κ3) is 2.03. The fraction of sp³-hybridized carbons (Fsp3) is 0. The summed E-state index contributed by atoms with van der Waals surface area (Å²) in [6, 6.07) is 4.00. The SMILES string of the molecule is Clc1cc(-c2ccsc2)cnc1I. The Hall–Kier alpha value is -0.130. The van der Waals surface area contributed by atoms with Gasteiger partial charge in [0.2, 0.25) is 0 Å². The fourth-order valence-electron chi connectivity index (χ4n) is 1.01. The van der Waals surface area contributed by atoms with Gasteiger partial charge in [-0.3, -0.25) is 0 Å². The van der Waals surface area contributed by atoms with Crippen molar-refractivity contribution in [3.05, 3.63) is 37.8 Å². The van der Waals surface area contributed by atoms with Crippen molar-refractivity contribution in [3.8, 4) is 11.1 Å². The van der Waals surface area contributed by atoms with Crippen LogP contribution >= 0.6 is 45.5 Å². The fourth-order valence-corrected chi connectivity index (χ4v) is 2.13. The summed E-state index contributed by atoms with van der Waals surface area (Å²) in [7, 11) is 0. The molecule has 0 unspecified atom stereocenters. The van der Waals surface area contributed by atoms with Crippen molar-refractivity contribution < 1.29 is 0 Å². The van der Waals surface area contributed by atoms with E-state index >= 15 is 0 Å². The molecule has 0 N–H and O–H groups in total. The van der Waals surface area contributed by atoms with Crippen LogP contribution < -0.4 is 0 Å². The molecule has 0 bridgehead atoms. The highest BCUT2D eigenvalue weighted by molar-refractivity contribution is 14.1. The molecule has 0 saturated carbocycles.